The van der Waals surface area contributed by atoms with Crippen molar-refractivity contribution >= 4 is 19.2 Å². The van der Waals surface area contributed by atoms with Crippen molar-refractivity contribution in [2.75, 3.05) is 0 Å². The van der Waals surface area contributed by atoms with Crippen LogP contribution in [0.15, 0.2) is 0 Å². The van der Waals surface area contributed by atoms with Gasteiger partial charge in [-0.25, -0.2) is 5.48 Å². The molecule has 0 saturated heterocycles. The molecule has 0 aliphatic carbocycles. The topological polar surface area (TPSA) is 147 Å². The number of rotatable bonds is 2. The fourth-order valence-electron chi connectivity index (χ4n) is 0.272. The Morgan fingerprint density at radius 3 is 2.36 bits per heavy atom. The first-order valence-corrected chi connectivity index (χ1v) is 2.49. The lowest BCUT2D eigenvalue weighted by Gasteiger charge is -2.07. The first-order valence-electron chi connectivity index (χ1n) is 2.49. The molecule has 9 heteroatoms. The second kappa shape index (κ2) is 4.49. The van der Waals surface area contributed by atoms with Crippen molar-refractivity contribution in [3.8, 4) is 0 Å². The maximum Gasteiger partial charge on any atom is 0.656 e. The van der Waals surface area contributed by atoms with E-state index in [4.69, 9.17) is 26.6 Å². The normalized spacial score (nSPS) is 8.55. The molecular weight excluding hydrogens is 153 g/mol. The highest BCUT2D eigenvalue weighted by Gasteiger charge is 2.09. The van der Waals surface area contributed by atoms with Crippen LogP contribution in [0.2, 0.25) is 0 Å². The van der Waals surface area contributed by atoms with Crippen LogP contribution in [-0.4, -0.2) is 29.3 Å². The molecule has 0 aliphatic heterocycles. The molecule has 0 radical (unpaired) electrons. The summed E-state index contributed by atoms with van der Waals surface area (Å²) < 4.78 is 3.93. The van der Waals surface area contributed by atoms with E-state index in [0.29, 0.717) is 0 Å². The monoisotopic (exact) mass is 161 g/mol. The molecule has 11 heavy (non-hydrogen) atoms. The smallest absolute Gasteiger partial charge is 0.400 e. The predicted octanol–water partition coefficient (Wildman–Crippen LogP) is -3.11. The van der Waals surface area contributed by atoms with Crippen molar-refractivity contribution in [3.05, 3.63) is 0 Å². The molecule has 0 amide bonds. The van der Waals surface area contributed by atoms with E-state index in [9.17, 15) is 0 Å². The van der Waals surface area contributed by atoms with E-state index >= 15 is 0 Å². The summed E-state index contributed by atoms with van der Waals surface area (Å²) in [6.07, 6.45) is 0. The molecule has 0 bridgehead atoms. The van der Waals surface area contributed by atoms with Gasteiger partial charge in [-0.15, -0.1) is 0 Å². The highest BCUT2D eigenvalue weighted by molar-refractivity contribution is 6.32. The van der Waals surface area contributed by atoms with Crippen LogP contribution >= 0.6 is 0 Å². The van der Waals surface area contributed by atoms with Gasteiger partial charge in [-0.1, -0.05) is 0 Å². The molecule has 0 fully saturated rings. The number of hydroxylamine groups is 1. The van der Waals surface area contributed by atoms with Crippen LogP contribution in [-0.2, 0) is 4.76 Å². The van der Waals surface area contributed by atoms with Crippen molar-refractivity contribution < 1.29 is 14.8 Å². The Morgan fingerprint density at radius 2 is 2.00 bits per heavy atom. The van der Waals surface area contributed by atoms with Crippen molar-refractivity contribution in [1.29, 1.82) is 10.8 Å². The summed E-state index contributed by atoms with van der Waals surface area (Å²) in [5.74, 6) is -0.927. The molecule has 0 spiro atoms. The zero-order valence-electron chi connectivity index (χ0n) is 5.46. The van der Waals surface area contributed by atoms with Gasteiger partial charge in [-0.05, 0) is 0 Å². The van der Waals surface area contributed by atoms with E-state index in [2.05, 4.69) is 4.76 Å². The summed E-state index contributed by atoms with van der Waals surface area (Å²) in [5.41, 5.74) is 6.58. The van der Waals surface area contributed by atoms with Crippen LogP contribution < -0.4 is 16.5 Å². The maximum absolute atomic E-state index is 8.10. The fourth-order valence-corrected chi connectivity index (χ4v) is 0.272. The molecule has 0 unspecified atom stereocenters. The van der Waals surface area contributed by atoms with Gasteiger partial charge in [-0.2, -0.15) is 0 Å². The minimum absolute atomic E-state index is 0.460. The molecule has 0 saturated carbocycles. The van der Waals surface area contributed by atoms with Crippen LogP contribution in [0.3, 0.4) is 0 Å². The largest absolute Gasteiger partial charge is 0.656 e. The standard InChI is InChI=1S/C2H8BN5O3/c4-1(5)7-2(6)8-11-3(9)10/h9-10H,(H6,4,5,6,7,8). The molecule has 0 aromatic carbocycles. The molecule has 8 nitrogen and oxygen atoms in total. The number of nitrogens with one attached hydrogen (secondary N) is 4. The first kappa shape index (κ1) is 9.68. The molecular formula is C2H8BN5O3. The van der Waals surface area contributed by atoms with Gasteiger partial charge in [0.25, 0.3) is 0 Å². The van der Waals surface area contributed by atoms with Crippen LogP contribution in [0.5, 0.6) is 0 Å². The van der Waals surface area contributed by atoms with E-state index in [-0.39, 0.29) is 0 Å². The molecule has 0 heterocycles. The zero-order valence-corrected chi connectivity index (χ0v) is 5.46. The summed E-state index contributed by atoms with van der Waals surface area (Å²) in [6, 6.07) is 0. The lowest BCUT2D eigenvalue weighted by atomic mass is 10.3. The van der Waals surface area contributed by atoms with Crippen LogP contribution in [0.25, 0.3) is 0 Å². The van der Waals surface area contributed by atoms with Gasteiger partial charge >= 0.3 is 7.32 Å². The first-order chi connectivity index (χ1) is 5.02. The van der Waals surface area contributed by atoms with E-state index in [1.54, 1.807) is 5.48 Å². The van der Waals surface area contributed by atoms with Gasteiger partial charge in [0.1, 0.15) is 0 Å². The van der Waals surface area contributed by atoms with Crippen molar-refractivity contribution in [1.82, 2.24) is 10.8 Å². The van der Waals surface area contributed by atoms with E-state index in [1.807, 2.05) is 5.32 Å². The second-order valence-electron chi connectivity index (χ2n) is 1.46. The summed E-state index contributed by atoms with van der Waals surface area (Å²) in [4.78, 5) is 0. The molecule has 0 atom stereocenters. The maximum atomic E-state index is 8.10. The summed E-state index contributed by atoms with van der Waals surface area (Å²) >= 11 is 0. The minimum Gasteiger partial charge on any atom is -0.400 e. The molecule has 8 N–H and O–H groups in total. The van der Waals surface area contributed by atoms with E-state index < -0.39 is 19.2 Å². The summed E-state index contributed by atoms with van der Waals surface area (Å²) in [7, 11) is -2.02. The average Bonchev–Trinajstić information content (AvgIpc) is 1.82. The quantitative estimate of drug-likeness (QED) is 0.0986. The summed E-state index contributed by atoms with van der Waals surface area (Å²) in [5, 5.41) is 31.6. The third-order valence-corrected chi connectivity index (χ3v) is 0.526. The Balaban J connectivity index is 3.46. The van der Waals surface area contributed by atoms with Gasteiger partial charge in [-0.3, -0.25) is 20.9 Å². The van der Waals surface area contributed by atoms with Crippen molar-refractivity contribution in [2.24, 2.45) is 5.73 Å². The van der Waals surface area contributed by atoms with Gasteiger partial charge in [0.05, 0.1) is 0 Å². The lowest BCUT2D eigenvalue weighted by Crippen LogP contribution is -2.45. The predicted molar refractivity (Wildman–Crippen MR) is 37.2 cm³/mol. The number of guanidine groups is 2. The van der Waals surface area contributed by atoms with E-state index in [1.165, 1.54) is 0 Å². The van der Waals surface area contributed by atoms with Gasteiger partial charge in [0, 0.05) is 0 Å². The SMILES string of the molecule is N=C(N)NC(=N)NOB(O)O. The van der Waals surface area contributed by atoms with Crippen molar-refractivity contribution in [3.63, 3.8) is 0 Å². The molecule has 62 valence electrons. The van der Waals surface area contributed by atoms with Gasteiger partial charge in [0.15, 0.2) is 5.96 Å². The third-order valence-electron chi connectivity index (χ3n) is 0.526. The van der Waals surface area contributed by atoms with Crippen LogP contribution in [0.1, 0.15) is 0 Å². The average molecular weight is 161 g/mol. The highest BCUT2D eigenvalue weighted by Crippen LogP contribution is 1.66. The molecule has 0 aromatic heterocycles. The minimum atomic E-state index is -2.02. The van der Waals surface area contributed by atoms with E-state index in [0.717, 1.165) is 0 Å². The van der Waals surface area contributed by atoms with Gasteiger partial charge in [0.2, 0.25) is 5.96 Å². The number of hydrogen-bond donors (Lipinski definition) is 7. The molecule has 0 aliphatic rings. The van der Waals surface area contributed by atoms with Crippen molar-refractivity contribution in [2.45, 2.75) is 0 Å². The van der Waals surface area contributed by atoms with Gasteiger partial charge < -0.3 is 15.8 Å². The third kappa shape index (κ3) is 6.57. The Labute approximate surface area is 62.5 Å². The summed E-state index contributed by atoms with van der Waals surface area (Å²) in [6.45, 7) is 0. The zero-order chi connectivity index (χ0) is 8.85. The number of nitrogens with two attached hydrogens (primary N) is 1. The molecule has 0 rings (SSSR count). The fraction of sp³-hybridized carbons (Fsp3) is 0. The Hall–Kier alpha value is -1.32. The second-order valence-corrected chi connectivity index (χ2v) is 1.46. The Bertz CT molecular complexity index is 160. The van der Waals surface area contributed by atoms with Crippen LogP contribution in [0.4, 0.5) is 0 Å². The van der Waals surface area contributed by atoms with Crippen LogP contribution in [0, 0.1) is 10.8 Å². The lowest BCUT2D eigenvalue weighted by molar-refractivity contribution is 0.147. The Kier molecular flexibility index (Phi) is 3.96. The Morgan fingerprint density at radius 1 is 1.45 bits per heavy atom. The number of hydrogen-bond acceptors (Lipinski definition) is 5. The highest BCUT2D eigenvalue weighted by atomic mass is 16.7. The molecule has 0 aromatic rings.